The van der Waals surface area contributed by atoms with Crippen LogP contribution in [0.4, 0.5) is 0 Å². The van der Waals surface area contributed by atoms with Crippen LogP contribution in [0.1, 0.15) is 44.0 Å². The van der Waals surface area contributed by atoms with E-state index >= 15 is 0 Å². The molecule has 0 fully saturated rings. The lowest BCUT2D eigenvalue weighted by Gasteiger charge is -2.28. The van der Waals surface area contributed by atoms with Crippen molar-refractivity contribution in [3.05, 3.63) is 235 Å². The first kappa shape index (κ1) is 42.4. The molecule has 0 unspecified atom stereocenters. The number of aryl methyl sites for hydroxylation is 1. The number of benzene rings is 8. The molecule has 1 aliphatic rings. The molecule has 6 nitrogen and oxygen atoms in total. The third-order valence-corrected chi connectivity index (χ3v) is 15.6. The first-order chi connectivity index (χ1) is 36.4. The molecule has 0 amide bonds. The van der Waals surface area contributed by atoms with E-state index in [0.29, 0.717) is 0 Å². The zero-order valence-electron chi connectivity index (χ0n) is 41.5. The molecule has 74 heavy (non-hydrogen) atoms. The first-order valence-electron chi connectivity index (χ1n) is 25.8. The highest BCUT2D eigenvalue weighted by Gasteiger charge is 2.34. The molecule has 0 radical (unpaired) electrons. The topological polar surface area (TPSA) is 45.5 Å². The van der Waals surface area contributed by atoms with E-state index in [1.54, 1.807) is 0 Å². The highest BCUT2D eigenvalue weighted by Crippen LogP contribution is 2.49. The largest absolute Gasteiger partial charge is 0.305 e. The Morgan fingerprint density at radius 1 is 0.378 bits per heavy atom. The second-order valence-corrected chi connectivity index (χ2v) is 20.8. The lowest BCUT2D eigenvalue weighted by molar-refractivity contribution is 0.590. The predicted molar refractivity (Wildman–Crippen MR) is 309 cm³/mol. The Morgan fingerprint density at radius 2 is 0.757 bits per heavy atom. The molecule has 0 saturated carbocycles. The third-order valence-electron chi connectivity index (χ3n) is 15.6. The Hall–Kier alpha value is -9.26. The van der Waals surface area contributed by atoms with Crippen LogP contribution in [0.3, 0.4) is 0 Å². The quantitative estimate of drug-likeness (QED) is 0.167. The van der Waals surface area contributed by atoms with Gasteiger partial charge in [0.2, 0.25) is 0 Å². The van der Waals surface area contributed by atoms with Crippen molar-refractivity contribution in [3.63, 3.8) is 0 Å². The van der Waals surface area contributed by atoms with E-state index in [9.17, 15) is 0 Å². The number of aromatic nitrogens is 6. The summed E-state index contributed by atoms with van der Waals surface area (Å²) < 4.78 is 9.92. The van der Waals surface area contributed by atoms with Crippen LogP contribution < -0.4 is 0 Å². The average molecular weight is 951 g/mol. The summed E-state index contributed by atoms with van der Waals surface area (Å²) >= 11 is 0. The smallest absolute Gasteiger partial charge is 0.165 e. The van der Waals surface area contributed by atoms with Crippen LogP contribution in [0.15, 0.2) is 218 Å². The lowest BCUT2D eigenvalue weighted by atomic mass is 9.85. The van der Waals surface area contributed by atoms with Gasteiger partial charge in [0.1, 0.15) is 11.4 Å². The molecular formula is C68H50N6. The van der Waals surface area contributed by atoms with Gasteiger partial charge in [-0.15, -0.1) is 0 Å². The summed E-state index contributed by atoms with van der Waals surface area (Å²) in [6.45, 7) is 6.94. The number of rotatable bonds is 6. The number of pyridine rings is 2. The summed E-state index contributed by atoms with van der Waals surface area (Å²) in [6, 6.07) is 77.5. The fourth-order valence-electron chi connectivity index (χ4n) is 12.3. The monoisotopic (exact) mass is 950 g/mol. The highest BCUT2D eigenvalue weighted by atomic mass is 15.2. The number of hydrogen-bond donors (Lipinski definition) is 0. The van der Waals surface area contributed by atoms with Gasteiger partial charge in [-0.2, -0.15) is 0 Å². The van der Waals surface area contributed by atoms with E-state index in [1.165, 1.54) is 48.8 Å². The Bertz CT molecular complexity index is 4480. The molecule has 352 valence electrons. The van der Waals surface area contributed by atoms with Gasteiger partial charge in [0.15, 0.2) is 11.6 Å². The van der Waals surface area contributed by atoms with Gasteiger partial charge in [-0.3, -0.25) is 9.13 Å². The molecule has 14 aromatic rings. The number of fused-ring (bicyclic) bond motifs is 12. The third kappa shape index (κ3) is 6.18. The summed E-state index contributed by atoms with van der Waals surface area (Å²) in [5, 5.41) is 8.25. The van der Waals surface area contributed by atoms with Gasteiger partial charge in [-0.25, -0.2) is 9.97 Å². The van der Waals surface area contributed by atoms with Gasteiger partial charge in [0.25, 0.3) is 0 Å². The van der Waals surface area contributed by atoms with Gasteiger partial charge < -0.3 is 9.13 Å². The molecule has 0 bridgehead atoms. The van der Waals surface area contributed by atoms with Crippen LogP contribution in [-0.4, -0.2) is 28.2 Å². The Labute approximate surface area is 428 Å². The van der Waals surface area contributed by atoms with Crippen molar-refractivity contribution in [1.29, 1.82) is 0 Å². The number of hydrogen-bond acceptors (Lipinski definition) is 2. The first-order valence-corrected chi connectivity index (χ1v) is 25.8. The predicted octanol–water partition coefficient (Wildman–Crippen LogP) is 17.3. The number of allylic oxidation sites excluding steroid dienone is 1. The van der Waals surface area contributed by atoms with Crippen LogP contribution in [0.5, 0.6) is 0 Å². The van der Waals surface area contributed by atoms with Crippen LogP contribution in [0.25, 0.3) is 128 Å². The van der Waals surface area contributed by atoms with Crippen LogP contribution in [-0.2, 0) is 11.8 Å². The summed E-state index contributed by atoms with van der Waals surface area (Å²) in [4.78, 5) is 12.4. The van der Waals surface area contributed by atoms with Gasteiger partial charge in [0.05, 0.1) is 61.3 Å². The van der Waals surface area contributed by atoms with Gasteiger partial charge >= 0.3 is 0 Å². The van der Waals surface area contributed by atoms with Crippen molar-refractivity contribution >= 4 is 82.4 Å². The van der Waals surface area contributed by atoms with Crippen LogP contribution in [0, 0.1) is 0 Å². The molecule has 15 rings (SSSR count). The molecule has 0 spiro atoms. The van der Waals surface area contributed by atoms with Crippen molar-refractivity contribution < 1.29 is 0 Å². The zero-order valence-corrected chi connectivity index (χ0v) is 41.5. The minimum atomic E-state index is -0.243. The Kier molecular flexibility index (Phi) is 9.24. The normalized spacial score (nSPS) is 12.9. The molecule has 6 heterocycles. The fraction of sp³-hybridized carbons (Fsp3) is 0.0882. The van der Waals surface area contributed by atoms with E-state index in [4.69, 9.17) is 9.97 Å². The standard InChI is InChI=1S/C68H50N6/c1-68(2,3)44-41-53(43-23-5-4-6-24-43)69-54(42-44)63-64(71-55-33-15-7-25-45(55)46-26-8-16-34-56(46)71)66(73-59-37-19-11-29-49(59)50-30-12-20-38-60(50)73)70-67(74-61-39-21-13-31-51(61)52-32-14-22-40-62(52)74)65(63)72-57-35-17-9-27-47(57)48-28-10-18-36-58(48)72/h4-13,15-31,33-42H,14,32H2,1-3H3. The molecule has 0 atom stereocenters. The average Bonchev–Trinajstić information content (AvgIpc) is 4.24. The zero-order chi connectivity index (χ0) is 49.2. The lowest BCUT2D eigenvalue weighted by Crippen LogP contribution is -2.18. The Balaban J connectivity index is 1.29. The summed E-state index contributed by atoms with van der Waals surface area (Å²) in [5.41, 5.74) is 16.7. The van der Waals surface area contributed by atoms with E-state index in [0.717, 1.165) is 103 Å². The van der Waals surface area contributed by atoms with E-state index in [2.05, 4.69) is 264 Å². The number of para-hydroxylation sites is 7. The van der Waals surface area contributed by atoms with Gasteiger partial charge in [-0.05, 0) is 90.1 Å². The summed E-state index contributed by atoms with van der Waals surface area (Å²) in [5.74, 6) is 1.63. The summed E-state index contributed by atoms with van der Waals surface area (Å²) in [7, 11) is 0. The minimum absolute atomic E-state index is 0.243. The van der Waals surface area contributed by atoms with Crippen LogP contribution >= 0.6 is 0 Å². The van der Waals surface area contributed by atoms with Crippen LogP contribution in [0.2, 0.25) is 0 Å². The molecule has 6 heteroatoms. The molecular weight excluding hydrogens is 901 g/mol. The summed E-state index contributed by atoms with van der Waals surface area (Å²) in [6.07, 6.45) is 6.58. The van der Waals surface area contributed by atoms with Crippen molar-refractivity contribution in [3.8, 4) is 45.5 Å². The van der Waals surface area contributed by atoms with E-state index < -0.39 is 0 Å². The second-order valence-electron chi connectivity index (χ2n) is 20.8. The van der Waals surface area contributed by atoms with E-state index in [1.807, 2.05) is 0 Å². The molecule has 0 N–H and O–H groups in total. The van der Waals surface area contributed by atoms with Crippen molar-refractivity contribution in [1.82, 2.24) is 28.2 Å². The van der Waals surface area contributed by atoms with Gasteiger partial charge in [-0.1, -0.05) is 185 Å². The van der Waals surface area contributed by atoms with Crippen molar-refractivity contribution in [2.24, 2.45) is 0 Å². The molecule has 0 saturated heterocycles. The maximum Gasteiger partial charge on any atom is 0.165 e. The van der Waals surface area contributed by atoms with Crippen molar-refractivity contribution in [2.45, 2.75) is 39.0 Å². The number of nitrogens with zero attached hydrogens (tertiary/aromatic N) is 6. The second kappa shape index (κ2) is 16.1. The Morgan fingerprint density at radius 3 is 1.22 bits per heavy atom. The molecule has 6 aromatic heterocycles. The maximum atomic E-state index is 6.42. The molecule has 0 aliphatic heterocycles. The minimum Gasteiger partial charge on any atom is -0.305 e. The SMILES string of the molecule is CC(C)(C)c1cc(-c2ccccc2)nc(-c2c(-n3c4ccccc4c4ccccc43)c(-n3c4c(c5ccccc53)CCC=C4)nc(-n3c4ccccc4c4ccccc43)c2-n2c3ccccc3c3ccccc32)c1. The fourth-order valence-corrected chi connectivity index (χ4v) is 12.3. The molecule has 1 aliphatic carbocycles. The highest BCUT2D eigenvalue weighted by molar-refractivity contribution is 6.14. The van der Waals surface area contributed by atoms with Gasteiger partial charge in [0, 0.05) is 43.3 Å². The van der Waals surface area contributed by atoms with E-state index in [-0.39, 0.29) is 5.41 Å². The molecule has 8 aromatic carbocycles. The maximum absolute atomic E-state index is 6.42. The van der Waals surface area contributed by atoms with Crippen molar-refractivity contribution in [2.75, 3.05) is 0 Å².